The minimum atomic E-state index is 0.221. The van der Waals surface area contributed by atoms with Crippen molar-refractivity contribution in [2.45, 2.75) is 130 Å². The van der Waals surface area contributed by atoms with Gasteiger partial charge in [-0.3, -0.25) is 24.0 Å². The lowest BCUT2D eigenvalue weighted by atomic mass is 9.84. The molecule has 394 valence electrons. The fourth-order valence-corrected chi connectivity index (χ4v) is 10.3. The van der Waals surface area contributed by atoms with Gasteiger partial charge in [0.1, 0.15) is 17.3 Å². The number of hydrogen-bond donors (Lipinski definition) is 0. The van der Waals surface area contributed by atoms with E-state index in [1.807, 2.05) is 25.7 Å². The fraction of sp³-hybridized carbons (Fsp3) is 0.907. The van der Waals surface area contributed by atoms with Crippen molar-refractivity contribution in [3.05, 3.63) is 0 Å². The van der Waals surface area contributed by atoms with Crippen LogP contribution in [0.5, 0.6) is 0 Å². The van der Waals surface area contributed by atoms with Crippen LogP contribution in [-0.4, -0.2) is 229 Å². The summed E-state index contributed by atoms with van der Waals surface area (Å²) in [6.07, 6.45) is 17.1. The molecule has 1 unspecified atom stereocenters. The van der Waals surface area contributed by atoms with Gasteiger partial charge in [-0.2, -0.15) is 0 Å². The molecule has 68 heavy (non-hydrogen) atoms. The van der Waals surface area contributed by atoms with Crippen LogP contribution in [0.1, 0.15) is 124 Å². The van der Waals surface area contributed by atoms with Crippen molar-refractivity contribution in [3.63, 3.8) is 0 Å². The standard InChI is InChI=1S/C11H20N2O.C10H18N2O.C10H19NO.C9H17NO.C8H15NO.C6H13NO/c1-12-6-8-13(9-7-12)11(14)10-4-2-3-5-10;1-11-5-7-12(8-6-11)10(13)9-3-2-4-9;1-8(2)10(12)9-4-6-11(3)7-5-9;1-3-9(11)8-4-6-10(2)7-5-8;1-7(10)8-3-5-9(2)6-4-8;1-7-4-3-6(5-7)8-2/h10H,2-9H2,1H3;9H,2-8H2,1H3;8-9H,4-7H2,1-3H3;8H,3-7H2,1-2H3;8H,3-6H2,1-2H3;6H,3-5H2,1-2H3. The molecule has 0 aromatic heterocycles. The number of carbonyl (C=O) groups excluding carboxylic acids is 5. The fourth-order valence-electron chi connectivity index (χ4n) is 10.3. The van der Waals surface area contributed by atoms with Crippen molar-refractivity contribution >= 4 is 29.2 Å². The molecule has 0 aromatic carbocycles. The summed E-state index contributed by atoms with van der Waals surface area (Å²) in [5.41, 5.74) is 0. The summed E-state index contributed by atoms with van der Waals surface area (Å²) in [4.78, 5) is 75.4. The third-order valence-electron chi connectivity index (χ3n) is 16.0. The topological polar surface area (TPSA) is 120 Å². The number of likely N-dealkylation sites (N-methyl/N-ethyl adjacent to an activating group) is 3. The molecular weight excluding hydrogens is 857 g/mol. The number of Topliss-reactive ketones (excluding diaryl/α,β-unsaturated/α-hetero) is 3. The Balaban J connectivity index is 0.000000218. The lowest BCUT2D eigenvalue weighted by Crippen LogP contribution is -2.49. The monoisotopic (exact) mass is 959 g/mol. The Morgan fingerprint density at radius 3 is 1.09 bits per heavy atom. The number of piperazine rings is 2. The Hall–Kier alpha value is -2.33. The average Bonchev–Trinajstić information content (AvgIpc) is 4.02. The van der Waals surface area contributed by atoms with Crippen LogP contribution in [0.25, 0.3) is 0 Å². The summed E-state index contributed by atoms with van der Waals surface area (Å²) in [5.74, 6) is 4.16. The van der Waals surface area contributed by atoms with Gasteiger partial charge in [-0.25, -0.2) is 0 Å². The van der Waals surface area contributed by atoms with Crippen LogP contribution in [0.3, 0.4) is 0 Å². The number of likely N-dealkylation sites (tertiary alicyclic amines) is 4. The van der Waals surface area contributed by atoms with Gasteiger partial charge < -0.3 is 43.9 Å². The molecule has 6 aliphatic heterocycles. The number of amides is 2. The predicted molar refractivity (Wildman–Crippen MR) is 277 cm³/mol. The van der Waals surface area contributed by atoms with E-state index < -0.39 is 0 Å². The molecule has 0 bridgehead atoms. The molecule has 14 nitrogen and oxygen atoms in total. The lowest BCUT2D eigenvalue weighted by Gasteiger charge is -2.36. The minimum Gasteiger partial charge on any atom is -0.380 e. The van der Waals surface area contributed by atoms with E-state index in [1.54, 1.807) is 14.0 Å². The first kappa shape index (κ1) is 60.0. The van der Waals surface area contributed by atoms with Crippen LogP contribution in [0.2, 0.25) is 0 Å². The Labute approximate surface area is 415 Å². The van der Waals surface area contributed by atoms with Crippen molar-refractivity contribution < 1.29 is 28.7 Å². The summed E-state index contributed by atoms with van der Waals surface area (Å²) in [6.45, 7) is 24.4. The number of ketones is 3. The van der Waals surface area contributed by atoms with Gasteiger partial charge in [0.25, 0.3) is 0 Å². The number of methoxy groups -OCH3 is 1. The van der Waals surface area contributed by atoms with E-state index in [0.29, 0.717) is 71.3 Å². The number of ether oxygens (including phenoxy) is 1. The number of rotatable bonds is 8. The number of nitrogens with zero attached hydrogens (tertiary/aromatic N) is 8. The maximum atomic E-state index is 12.0. The van der Waals surface area contributed by atoms with Gasteiger partial charge in [0, 0.05) is 114 Å². The highest BCUT2D eigenvalue weighted by atomic mass is 16.5. The molecule has 8 rings (SSSR count). The smallest absolute Gasteiger partial charge is 0.225 e. The summed E-state index contributed by atoms with van der Waals surface area (Å²) < 4.78 is 5.14. The molecule has 1 atom stereocenters. The molecule has 2 aliphatic carbocycles. The van der Waals surface area contributed by atoms with Crippen LogP contribution in [0, 0.1) is 35.5 Å². The number of hydrogen-bond acceptors (Lipinski definition) is 12. The second kappa shape index (κ2) is 32.6. The molecule has 6 heterocycles. The van der Waals surface area contributed by atoms with Gasteiger partial charge in [-0.1, -0.05) is 40.0 Å². The van der Waals surface area contributed by atoms with Crippen LogP contribution in [0.15, 0.2) is 0 Å². The highest BCUT2D eigenvalue weighted by Gasteiger charge is 2.31. The van der Waals surface area contributed by atoms with Crippen molar-refractivity contribution in [2.24, 2.45) is 35.5 Å². The SMILES string of the molecule is CC(=O)C1CCN(C)CC1.CC(C)C(=O)C1CCN(C)CC1.CCC(=O)C1CCN(C)CC1.CN1CCN(C(=O)C2CCC2)CC1.CN1CCN(C(=O)C2CCCC2)CC1.COC1CCN(C)C1. The van der Waals surface area contributed by atoms with E-state index in [4.69, 9.17) is 4.74 Å². The molecule has 14 heteroatoms. The number of piperidine rings is 3. The molecule has 0 N–H and O–H groups in total. The van der Waals surface area contributed by atoms with Gasteiger partial charge in [-0.15, -0.1) is 0 Å². The molecule has 2 amide bonds. The first-order valence-electron chi connectivity index (χ1n) is 27.2. The Morgan fingerprint density at radius 1 is 0.441 bits per heavy atom. The van der Waals surface area contributed by atoms with Gasteiger partial charge >= 0.3 is 0 Å². The van der Waals surface area contributed by atoms with Crippen molar-refractivity contribution in [3.8, 4) is 0 Å². The first-order valence-corrected chi connectivity index (χ1v) is 27.2. The molecule has 6 saturated heterocycles. The highest BCUT2D eigenvalue weighted by Crippen LogP contribution is 2.29. The molecule has 8 aliphatic rings. The van der Waals surface area contributed by atoms with Crippen molar-refractivity contribution in [2.75, 3.05) is 154 Å². The maximum Gasteiger partial charge on any atom is 0.225 e. The van der Waals surface area contributed by atoms with Gasteiger partial charge in [-0.05, 0) is 159 Å². The second-order valence-electron chi connectivity index (χ2n) is 22.0. The first-order chi connectivity index (χ1) is 32.4. The Morgan fingerprint density at radius 2 is 0.794 bits per heavy atom. The van der Waals surface area contributed by atoms with Gasteiger partial charge in [0.15, 0.2) is 0 Å². The molecular formula is C54H102N8O6. The van der Waals surface area contributed by atoms with Crippen LogP contribution in [0.4, 0.5) is 0 Å². The van der Waals surface area contributed by atoms with Crippen LogP contribution >= 0.6 is 0 Å². The summed E-state index contributed by atoms with van der Waals surface area (Å²) in [6, 6.07) is 0. The molecule has 0 radical (unpaired) electrons. The molecule has 8 fully saturated rings. The second-order valence-corrected chi connectivity index (χ2v) is 22.0. The normalized spacial score (nSPS) is 24.7. The zero-order chi connectivity index (χ0) is 50.2. The van der Waals surface area contributed by atoms with Gasteiger partial charge in [0.05, 0.1) is 6.10 Å². The zero-order valence-electron chi connectivity index (χ0n) is 45.5. The van der Waals surface area contributed by atoms with Crippen LogP contribution < -0.4 is 0 Å². The predicted octanol–water partition coefficient (Wildman–Crippen LogP) is 5.63. The quantitative estimate of drug-likeness (QED) is 0.300. The Bertz CT molecular complexity index is 1430. The molecule has 2 saturated carbocycles. The molecule has 0 spiro atoms. The number of carbonyl (C=O) groups is 5. The van der Waals surface area contributed by atoms with E-state index in [1.165, 1.54) is 32.2 Å². The van der Waals surface area contributed by atoms with Crippen LogP contribution in [-0.2, 0) is 28.7 Å². The van der Waals surface area contributed by atoms with Gasteiger partial charge in [0.2, 0.25) is 11.8 Å². The average molecular weight is 959 g/mol. The zero-order valence-corrected chi connectivity index (χ0v) is 45.5. The van der Waals surface area contributed by atoms with E-state index in [0.717, 1.165) is 162 Å². The third-order valence-corrected chi connectivity index (χ3v) is 16.0. The summed E-state index contributed by atoms with van der Waals surface area (Å²) in [7, 11) is 14.5. The van der Waals surface area contributed by atoms with E-state index in [9.17, 15) is 24.0 Å². The van der Waals surface area contributed by atoms with Crippen molar-refractivity contribution in [1.82, 2.24) is 39.2 Å². The highest BCUT2D eigenvalue weighted by molar-refractivity contribution is 5.83. The van der Waals surface area contributed by atoms with E-state index in [-0.39, 0.29) is 5.92 Å². The van der Waals surface area contributed by atoms with E-state index in [2.05, 4.69) is 76.6 Å². The summed E-state index contributed by atoms with van der Waals surface area (Å²) >= 11 is 0. The van der Waals surface area contributed by atoms with E-state index >= 15 is 0 Å². The molecule has 0 aromatic rings. The largest absolute Gasteiger partial charge is 0.380 e. The maximum absolute atomic E-state index is 12.0. The lowest BCUT2D eigenvalue weighted by molar-refractivity contribution is -0.140. The van der Waals surface area contributed by atoms with Crippen molar-refractivity contribution in [1.29, 1.82) is 0 Å². The Kier molecular flexibility index (Phi) is 28.8. The third kappa shape index (κ3) is 22.4. The minimum absolute atomic E-state index is 0.221. The summed E-state index contributed by atoms with van der Waals surface area (Å²) in [5, 5.41) is 0.